The Morgan fingerprint density at radius 1 is 1.15 bits per heavy atom. The van der Waals surface area contributed by atoms with Crippen LogP contribution in [0, 0.1) is 12.8 Å². The molecule has 1 heterocycles. The van der Waals surface area contributed by atoms with Crippen molar-refractivity contribution in [2.75, 3.05) is 11.4 Å². The van der Waals surface area contributed by atoms with E-state index in [0.717, 1.165) is 13.0 Å². The van der Waals surface area contributed by atoms with E-state index in [-0.39, 0.29) is 0 Å². The SMILES string of the molecule is Cc1cccc(CN)c1N1CC(C)Cc2ccccc21. The van der Waals surface area contributed by atoms with E-state index in [1.807, 2.05) is 0 Å². The molecular formula is C18H22N2. The largest absolute Gasteiger partial charge is 0.341 e. The van der Waals surface area contributed by atoms with E-state index >= 15 is 0 Å². The number of nitrogens with two attached hydrogens (primary N) is 1. The van der Waals surface area contributed by atoms with Gasteiger partial charge < -0.3 is 10.6 Å². The van der Waals surface area contributed by atoms with Crippen molar-refractivity contribution in [1.82, 2.24) is 0 Å². The number of nitrogens with zero attached hydrogens (tertiary/aromatic N) is 1. The molecule has 2 nitrogen and oxygen atoms in total. The summed E-state index contributed by atoms with van der Waals surface area (Å²) in [7, 11) is 0. The first kappa shape index (κ1) is 13.2. The predicted molar refractivity (Wildman–Crippen MR) is 85.4 cm³/mol. The van der Waals surface area contributed by atoms with Crippen LogP contribution >= 0.6 is 0 Å². The number of hydrogen-bond donors (Lipinski definition) is 1. The summed E-state index contributed by atoms with van der Waals surface area (Å²) in [6.45, 7) is 6.15. The molecule has 3 rings (SSSR count). The van der Waals surface area contributed by atoms with Gasteiger partial charge in [-0.15, -0.1) is 0 Å². The summed E-state index contributed by atoms with van der Waals surface area (Å²) in [6, 6.07) is 15.2. The predicted octanol–water partition coefficient (Wildman–Crippen LogP) is 3.78. The molecule has 0 fully saturated rings. The summed E-state index contributed by atoms with van der Waals surface area (Å²) in [4.78, 5) is 2.46. The highest BCUT2D eigenvalue weighted by Gasteiger charge is 2.24. The van der Waals surface area contributed by atoms with Crippen molar-refractivity contribution < 1.29 is 0 Å². The molecule has 20 heavy (non-hydrogen) atoms. The number of para-hydroxylation sites is 2. The van der Waals surface area contributed by atoms with Crippen LogP contribution in [0.5, 0.6) is 0 Å². The van der Waals surface area contributed by atoms with Gasteiger partial charge >= 0.3 is 0 Å². The first-order valence-corrected chi connectivity index (χ1v) is 7.34. The van der Waals surface area contributed by atoms with Gasteiger partial charge in [-0.25, -0.2) is 0 Å². The van der Waals surface area contributed by atoms with Gasteiger partial charge in [0.2, 0.25) is 0 Å². The molecule has 0 spiro atoms. The summed E-state index contributed by atoms with van der Waals surface area (Å²) in [6.07, 6.45) is 1.16. The minimum atomic E-state index is 0.587. The molecule has 2 aromatic rings. The molecule has 2 heteroatoms. The van der Waals surface area contributed by atoms with Crippen LogP contribution < -0.4 is 10.6 Å². The molecule has 1 aliphatic rings. The van der Waals surface area contributed by atoms with Crippen molar-refractivity contribution in [2.24, 2.45) is 11.7 Å². The fraction of sp³-hybridized carbons (Fsp3) is 0.333. The van der Waals surface area contributed by atoms with E-state index < -0.39 is 0 Å². The maximum absolute atomic E-state index is 5.95. The van der Waals surface area contributed by atoms with Crippen LogP contribution in [0.4, 0.5) is 11.4 Å². The summed E-state index contributed by atoms with van der Waals surface area (Å²) in [5.41, 5.74) is 12.6. The highest BCUT2D eigenvalue weighted by Crippen LogP contribution is 2.38. The van der Waals surface area contributed by atoms with Crippen molar-refractivity contribution in [3.05, 3.63) is 59.2 Å². The monoisotopic (exact) mass is 266 g/mol. The standard InChI is InChI=1S/C18H22N2/c1-13-10-15-7-3-4-9-17(15)20(12-13)18-14(2)6-5-8-16(18)11-19/h3-9,13H,10-12,19H2,1-2H3. The number of benzene rings is 2. The Labute approximate surface area is 121 Å². The summed E-state index contributed by atoms with van der Waals surface area (Å²) < 4.78 is 0. The van der Waals surface area contributed by atoms with Crippen molar-refractivity contribution >= 4 is 11.4 Å². The molecule has 104 valence electrons. The van der Waals surface area contributed by atoms with Crippen LogP contribution in [0.25, 0.3) is 0 Å². The number of fused-ring (bicyclic) bond motifs is 1. The molecule has 1 unspecified atom stereocenters. The lowest BCUT2D eigenvalue weighted by Gasteiger charge is -2.37. The molecule has 2 aromatic carbocycles. The smallest absolute Gasteiger partial charge is 0.0486 e. The van der Waals surface area contributed by atoms with Gasteiger partial charge in [-0.3, -0.25) is 0 Å². The van der Waals surface area contributed by atoms with Crippen LogP contribution in [0.15, 0.2) is 42.5 Å². The lowest BCUT2D eigenvalue weighted by Crippen LogP contribution is -2.31. The van der Waals surface area contributed by atoms with Gasteiger partial charge in [0, 0.05) is 24.5 Å². The van der Waals surface area contributed by atoms with E-state index in [1.165, 1.54) is 28.1 Å². The van der Waals surface area contributed by atoms with E-state index in [4.69, 9.17) is 5.73 Å². The second-order valence-electron chi connectivity index (χ2n) is 5.84. The second kappa shape index (κ2) is 5.29. The molecule has 0 saturated carbocycles. The van der Waals surface area contributed by atoms with Crippen molar-refractivity contribution in [3.8, 4) is 0 Å². The van der Waals surface area contributed by atoms with Crippen LogP contribution in [0.2, 0.25) is 0 Å². The Balaban J connectivity index is 2.16. The Morgan fingerprint density at radius 2 is 1.95 bits per heavy atom. The molecule has 0 aliphatic carbocycles. The van der Waals surface area contributed by atoms with Gasteiger partial charge in [0.15, 0.2) is 0 Å². The number of anilines is 2. The molecule has 1 atom stereocenters. The van der Waals surface area contributed by atoms with Crippen molar-refractivity contribution in [2.45, 2.75) is 26.8 Å². The zero-order chi connectivity index (χ0) is 14.1. The van der Waals surface area contributed by atoms with Gasteiger partial charge in [0.25, 0.3) is 0 Å². The van der Waals surface area contributed by atoms with Gasteiger partial charge in [-0.05, 0) is 42.0 Å². The molecule has 0 saturated heterocycles. The lowest BCUT2D eigenvalue weighted by atomic mass is 9.92. The maximum atomic E-state index is 5.95. The third-order valence-electron chi connectivity index (χ3n) is 4.16. The third-order valence-corrected chi connectivity index (χ3v) is 4.16. The molecule has 0 radical (unpaired) electrons. The average Bonchev–Trinajstić information content (AvgIpc) is 2.46. The Hall–Kier alpha value is -1.80. The third kappa shape index (κ3) is 2.20. The Kier molecular flexibility index (Phi) is 3.49. The highest BCUT2D eigenvalue weighted by atomic mass is 15.2. The zero-order valence-electron chi connectivity index (χ0n) is 12.3. The maximum Gasteiger partial charge on any atom is 0.0486 e. The highest BCUT2D eigenvalue weighted by molar-refractivity contribution is 5.73. The minimum absolute atomic E-state index is 0.587. The van der Waals surface area contributed by atoms with Gasteiger partial charge in [-0.2, -0.15) is 0 Å². The molecule has 2 N–H and O–H groups in total. The Morgan fingerprint density at radius 3 is 2.75 bits per heavy atom. The minimum Gasteiger partial charge on any atom is -0.341 e. The van der Waals surface area contributed by atoms with Gasteiger partial charge in [0.05, 0.1) is 0 Å². The average molecular weight is 266 g/mol. The first-order chi connectivity index (χ1) is 9.70. The van der Waals surface area contributed by atoms with Crippen molar-refractivity contribution in [1.29, 1.82) is 0 Å². The second-order valence-corrected chi connectivity index (χ2v) is 5.84. The summed E-state index contributed by atoms with van der Waals surface area (Å²) in [5.74, 6) is 0.662. The van der Waals surface area contributed by atoms with Gasteiger partial charge in [-0.1, -0.05) is 43.3 Å². The summed E-state index contributed by atoms with van der Waals surface area (Å²) >= 11 is 0. The quantitative estimate of drug-likeness (QED) is 0.896. The van der Waals surface area contributed by atoms with Gasteiger partial charge in [0.1, 0.15) is 0 Å². The molecule has 0 aromatic heterocycles. The molecule has 0 amide bonds. The van der Waals surface area contributed by atoms with Crippen LogP contribution in [-0.4, -0.2) is 6.54 Å². The molecule has 0 bridgehead atoms. The zero-order valence-corrected chi connectivity index (χ0v) is 12.3. The first-order valence-electron chi connectivity index (χ1n) is 7.34. The fourth-order valence-corrected chi connectivity index (χ4v) is 3.28. The van der Waals surface area contributed by atoms with E-state index in [1.54, 1.807) is 0 Å². The normalized spacial score (nSPS) is 17.9. The van der Waals surface area contributed by atoms with E-state index in [2.05, 4.69) is 61.2 Å². The summed E-state index contributed by atoms with van der Waals surface area (Å²) in [5, 5.41) is 0. The van der Waals surface area contributed by atoms with Crippen LogP contribution in [-0.2, 0) is 13.0 Å². The van der Waals surface area contributed by atoms with Crippen LogP contribution in [0.1, 0.15) is 23.6 Å². The number of rotatable bonds is 2. The number of hydrogen-bond acceptors (Lipinski definition) is 2. The topological polar surface area (TPSA) is 29.3 Å². The molecule has 1 aliphatic heterocycles. The fourth-order valence-electron chi connectivity index (χ4n) is 3.28. The molecular weight excluding hydrogens is 244 g/mol. The lowest BCUT2D eigenvalue weighted by molar-refractivity contribution is 0.561. The van der Waals surface area contributed by atoms with E-state index in [9.17, 15) is 0 Å². The van der Waals surface area contributed by atoms with Crippen LogP contribution in [0.3, 0.4) is 0 Å². The van der Waals surface area contributed by atoms with Crippen molar-refractivity contribution in [3.63, 3.8) is 0 Å². The van der Waals surface area contributed by atoms with E-state index in [0.29, 0.717) is 12.5 Å². The number of aryl methyl sites for hydroxylation is 1. The Bertz CT molecular complexity index is 619.